The van der Waals surface area contributed by atoms with E-state index in [2.05, 4.69) is 4.90 Å². The molecule has 1 heterocycles. The van der Waals surface area contributed by atoms with Crippen molar-refractivity contribution < 1.29 is 19.0 Å². The molecule has 1 unspecified atom stereocenters. The van der Waals surface area contributed by atoms with Gasteiger partial charge in [-0.05, 0) is 45.0 Å². The van der Waals surface area contributed by atoms with E-state index < -0.39 is 5.97 Å². The molecule has 5 heteroatoms. The number of hydrogen-bond donors (Lipinski definition) is 1. The highest BCUT2D eigenvalue weighted by molar-refractivity contribution is 5.87. The Morgan fingerprint density at radius 3 is 2.86 bits per heavy atom. The van der Waals surface area contributed by atoms with Gasteiger partial charge in [-0.2, -0.15) is 0 Å². The molecule has 1 aromatic rings. The lowest BCUT2D eigenvalue weighted by atomic mass is 10.0. The van der Waals surface area contributed by atoms with Crippen LogP contribution in [0.3, 0.4) is 0 Å². The highest BCUT2D eigenvalue weighted by atomic mass is 19.1. The van der Waals surface area contributed by atoms with Crippen LogP contribution in [0.5, 0.6) is 0 Å². The summed E-state index contributed by atoms with van der Waals surface area (Å²) in [6, 6.07) is 4.42. The van der Waals surface area contributed by atoms with Crippen molar-refractivity contribution in [3.63, 3.8) is 0 Å². The van der Waals surface area contributed by atoms with Gasteiger partial charge in [-0.1, -0.05) is 0 Å². The van der Waals surface area contributed by atoms with Gasteiger partial charge in [-0.15, -0.1) is 0 Å². The quantitative estimate of drug-likeness (QED) is 0.871. The molecule has 1 aromatic carbocycles. The highest BCUT2D eigenvalue weighted by Crippen LogP contribution is 2.29. The Morgan fingerprint density at radius 2 is 2.24 bits per heavy atom. The standard InChI is InChI=1S/C16H20FNO3/c1-11-9-18(10-16(2,3)21-11)14-6-5-13(17)8-12(14)4-7-15(19)20/h4-8,11H,9-10H2,1-3H3,(H,19,20). The van der Waals surface area contributed by atoms with E-state index in [0.29, 0.717) is 18.7 Å². The SMILES string of the molecule is CC1CN(c2ccc(F)cc2C=CC(=O)O)CC(C)(C)O1. The second-order valence-electron chi connectivity index (χ2n) is 5.94. The minimum atomic E-state index is -1.05. The van der Waals surface area contributed by atoms with Crippen molar-refractivity contribution in [2.45, 2.75) is 32.5 Å². The fourth-order valence-corrected chi connectivity index (χ4v) is 2.75. The fourth-order valence-electron chi connectivity index (χ4n) is 2.75. The van der Waals surface area contributed by atoms with Crippen LogP contribution in [0.25, 0.3) is 6.08 Å². The molecular formula is C16H20FNO3. The molecule has 1 saturated heterocycles. The van der Waals surface area contributed by atoms with Crippen LogP contribution < -0.4 is 4.90 Å². The third-order valence-electron chi connectivity index (χ3n) is 3.31. The molecule has 0 aliphatic carbocycles. The van der Waals surface area contributed by atoms with E-state index in [1.165, 1.54) is 18.2 Å². The van der Waals surface area contributed by atoms with Gasteiger partial charge in [-0.3, -0.25) is 0 Å². The summed E-state index contributed by atoms with van der Waals surface area (Å²) in [7, 11) is 0. The largest absolute Gasteiger partial charge is 0.478 e. The van der Waals surface area contributed by atoms with Crippen LogP contribution in [-0.4, -0.2) is 35.9 Å². The van der Waals surface area contributed by atoms with Crippen molar-refractivity contribution in [2.24, 2.45) is 0 Å². The van der Waals surface area contributed by atoms with E-state index in [4.69, 9.17) is 9.84 Å². The van der Waals surface area contributed by atoms with Crippen molar-refractivity contribution in [3.8, 4) is 0 Å². The maximum Gasteiger partial charge on any atom is 0.328 e. The number of morpholine rings is 1. The highest BCUT2D eigenvalue weighted by Gasteiger charge is 2.32. The maximum absolute atomic E-state index is 13.4. The van der Waals surface area contributed by atoms with Crippen LogP contribution in [0.2, 0.25) is 0 Å². The normalized spacial score (nSPS) is 21.7. The van der Waals surface area contributed by atoms with E-state index in [1.54, 1.807) is 6.07 Å². The smallest absolute Gasteiger partial charge is 0.328 e. The van der Waals surface area contributed by atoms with E-state index in [0.717, 1.165) is 11.8 Å². The number of hydrogen-bond acceptors (Lipinski definition) is 3. The Balaban J connectivity index is 2.36. The molecule has 4 nitrogen and oxygen atoms in total. The van der Waals surface area contributed by atoms with Gasteiger partial charge in [0.25, 0.3) is 0 Å². The third-order valence-corrected chi connectivity index (χ3v) is 3.31. The number of anilines is 1. The van der Waals surface area contributed by atoms with Gasteiger partial charge in [0.2, 0.25) is 0 Å². The number of ether oxygens (including phenoxy) is 1. The second-order valence-corrected chi connectivity index (χ2v) is 5.94. The van der Waals surface area contributed by atoms with Gasteiger partial charge in [-0.25, -0.2) is 9.18 Å². The van der Waals surface area contributed by atoms with Gasteiger partial charge in [0.1, 0.15) is 5.82 Å². The first-order valence-corrected chi connectivity index (χ1v) is 6.90. The first-order valence-electron chi connectivity index (χ1n) is 6.90. The lowest BCUT2D eigenvalue weighted by Crippen LogP contribution is -2.52. The van der Waals surface area contributed by atoms with Crippen molar-refractivity contribution in [1.29, 1.82) is 0 Å². The fraction of sp³-hybridized carbons (Fsp3) is 0.438. The maximum atomic E-state index is 13.4. The van der Waals surface area contributed by atoms with Crippen LogP contribution in [0.15, 0.2) is 24.3 Å². The minimum Gasteiger partial charge on any atom is -0.478 e. The number of carboxylic acids is 1. The Bertz CT molecular complexity index is 569. The van der Waals surface area contributed by atoms with Gasteiger partial charge >= 0.3 is 5.97 Å². The number of rotatable bonds is 3. The Kier molecular flexibility index (Phi) is 4.32. The summed E-state index contributed by atoms with van der Waals surface area (Å²) in [5.74, 6) is -1.44. The van der Waals surface area contributed by atoms with Crippen molar-refractivity contribution in [2.75, 3.05) is 18.0 Å². The molecule has 21 heavy (non-hydrogen) atoms. The predicted octanol–water partition coefficient (Wildman–Crippen LogP) is 2.93. The number of nitrogens with zero attached hydrogens (tertiary/aromatic N) is 1. The van der Waals surface area contributed by atoms with Crippen molar-refractivity contribution in [1.82, 2.24) is 0 Å². The minimum absolute atomic E-state index is 0.0510. The van der Waals surface area contributed by atoms with E-state index >= 15 is 0 Å². The molecule has 1 atom stereocenters. The molecule has 0 amide bonds. The van der Waals surface area contributed by atoms with E-state index in [1.807, 2.05) is 20.8 Å². The van der Waals surface area contributed by atoms with Crippen LogP contribution in [0.1, 0.15) is 26.3 Å². The molecule has 0 radical (unpaired) electrons. The average molecular weight is 293 g/mol. The summed E-state index contributed by atoms with van der Waals surface area (Å²) in [4.78, 5) is 12.8. The summed E-state index contributed by atoms with van der Waals surface area (Å²) in [6.07, 6.45) is 2.50. The molecular weight excluding hydrogens is 273 g/mol. The van der Waals surface area contributed by atoms with Gasteiger partial charge in [0, 0.05) is 30.4 Å². The summed E-state index contributed by atoms with van der Waals surface area (Å²) >= 11 is 0. The lowest BCUT2D eigenvalue weighted by Gasteiger charge is -2.43. The zero-order chi connectivity index (χ0) is 15.6. The van der Waals surface area contributed by atoms with Gasteiger partial charge < -0.3 is 14.7 Å². The molecule has 0 aromatic heterocycles. The van der Waals surface area contributed by atoms with Gasteiger partial charge in [0.15, 0.2) is 0 Å². The topological polar surface area (TPSA) is 49.8 Å². The molecule has 114 valence electrons. The Morgan fingerprint density at radius 1 is 1.52 bits per heavy atom. The number of aliphatic carboxylic acids is 1. The first-order chi connectivity index (χ1) is 9.77. The van der Waals surface area contributed by atoms with E-state index in [9.17, 15) is 9.18 Å². The lowest BCUT2D eigenvalue weighted by molar-refractivity contribution is -0.131. The predicted molar refractivity (Wildman–Crippen MR) is 79.9 cm³/mol. The number of halogens is 1. The zero-order valence-electron chi connectivity index (χ0n) is 12.5. The molecule has 1 fully saturated rings. The number of carbonyl (C=O) groups is 1. The monoisotopic (exact) mass is 293 g/mol. The van der Waals surface area contributed by atoms with Crippen molar-refractivity contribution in [3.05, 3.63) is 35.7 Å². The average Bonchev–Trinajstić information content (AvgIpc) is 2.33. The number of carboxylic acid groups (broad SMARTS) is 1. The first kappa shape index (κ1) is 15.5. The molecule has 0 saturated carbocycles. The summed E-state index contributed by atoms with van der Waals surface area (Å²) < 4.78 is 19.3. The Hall–Kier alpha value is -1.88. The third kappa shape index (κ3) is 4.04. The molecule has 2 rings (SSSR count). The summed E-state index contributed by atoms with van der Waals surface area (Å²) in [5.41, 5.74) is 1.07. The van der Waals surface area contributed by atoms with E-state index in [-0.39, 0.29) is 17.5 Å². The summed E-state index contributed by atoms with van der Waals surface area (Å²) in [6.45, 7) is 7.35. The molecule has 1 N–H and O–H groups in total. The van der Waals surface area contributed by atoms with Crippen LogP contribution in [-0.2, 0) is 9.53 Å². The molecule has 0 bridgehead atoms. The summed E-state index contributed by atoms with van der Waals surface area (Å²) in [5, 5.41) is 8.76. The van der Waals surface area contributed by atoms with Crippen LogP contribution in [0.4, 0.5) is 10.1 Å². The van der Waals surface area contributed by atoms with Crippen molar-refractivity contribution >= 4 is 17.7 Å². The molecule has 0 spiro atoms. The van der Waals surface area contributed by atoms with Crippen LogP contribution >= 0.6 is 0 Å². The zero-order valence-corrected chi connectivity index (χ0v) is 12.5. The second kappa shape index (κ2) is 5.85. The Labute approximate surface area is 123 Å². The molecule has 1 aliphatic rings. The van der Waals surface area contributed by atoms with Gasteiger partial charge in [0.05, 0.1) is 11.7 Å². The molecule has 1 aliphatic heterocycles. The van der Waals surface area contributed by atoms with Crippen LogP contribution in [0, 0.1) is 5.82 Å². The number of benzene rings is 1.